The number of carbonyl (C=O) groups excluding carboxylic acids is 1. The lowest BCUT2D eigenvalue weighted by Gasteiger charge is -2.46. The lowest BCUT2D eigenvalue weighted by molar-refractivity contribution is -0.274. The van der Waals surface area contributed by atoms with Crippen LogP contribution in [0.5, 0.6) is 5.75 Å². The summed E-state index contributed by atoms with van der Waals surface area (Å²) in [6.07, 6.45) is -1.14. The molecule has 2 aliphatic rings. The summed E-state index contributed by atoms with van der Waals surface area (Å²) >= 11 is 6.21. The maximum atomic E-state index is 12.5. The van der Waals surface area contributed by atoms with Crippen LogP contribution < -0.4 is 9.64 Å². The van der Waals surface area contributed by atoms with Crippen molar-refractivity contribution < 1.29 is 32.2 Å². The van der Waals surface area contributed by atoms with Crippen molar-refractivity contribution in [1.29, 1.82) is 0 Å². The molecule has 28 heavy (non-hydrogen) atoms. The average Bonchev–Trinajstić information content (AvgIpc) is 2.65. The molecule has 1 spiro atoms. The number of carbonyl (C=O) groups is 1. The zero-order valence-electron chi connectivity index (χ0n) is 15.6. The second-order valence-corrected chi connectivity index (χ2v) is 7.73. The maximum absolute atomic E-state index is 12.5. The molecule has 1 atom stereocenters. The van der Waals surface area contributed by atoms with Gasteiger partial charge in [0.1, 0.15) is 5.75 Å². The minimum absolute atomic E-state index is 0.168. The summed E-state index contributed by atoms with van der Waals surface area (Å²) in [6.45, 7) is 1.76. The van der Waals surface area contributed by atoms with Crippen LogP contribution in [0, 0.1) is 5.92 Å². The fraction of sp³-hybridized carbons (Fsp3) is 0.632. The van der Waals surface area contributed by atoms with E-state index in [1.165, 1.54) is 25.3 Å². The van der Waals surface area contributed by atoms with Gasteiger partial charge < -0.3 is 19.1 Å². The molecule has 2 saturated heterocycles. The molecule has 2 aliphatic heterocycles. The summed E-state index contributed by atoms with van der Waals surface area (Å²) < 4.78 is 52.3. The zero-order chi connectivity index (χ0) is 20.4. The fourth-order valence-corrected chi connectivity index (χ4v) is 4.12. The molecule has 9 heteroatoms. The SMILES string of the molecule is COC(=O)CC1CCC2(CCN(c3cc(OC(F)(F)F)ccc3Cl)CC2)OC1. The summed E-state index contributed by atoms with van der Waals surface area (Å²) in [5.74, 6) is -0.344. The van der Waals surface area contributed by atoms with E-state index in [2.05, 4.69) is 4.74 Å². The molecule has 1 aromatic carbocycles. The molecule has 0 aliphatic carbocycles. The van der Waals surface area contributed by atoms with Gasteiger partial charge in [-0.2, -0.15) is 0 Å². The van der Waals surface area contributed by atoms with Crippen molar-refractivity contribution >= 4 is 23.3 Å². The summed E-state index contributed by atoms with van der Waals surface area (Å²) in [7, 11) is 1.38. The summed E-state index contributed by atoms with van der Waals surface area (Å²) in [5.41, 5.74) is 0.285. The van der Waals surface area contributed by atoms with Crippen LogP contribution in [0.2, 0.25) is 5.02 Å². The van der Waals surface area contributed by atoms with E-state index in [4.69, 9.17) is 21.1 Å². The van der Waals surface area contributed by atoms with Gasteiger partial charge in [-0.15, -0.1) is 13.2 Å². The normalized spacial score (nSPS) is 22.2. The molecule has 3 rings (SSSR count). The van der Waals surface area contributed by atoms with Crippen molar-refractivity contribution in [1.82, 2.24) is 0 Å². The van der Waals surface area contributed by atoms with Crippen molar-refractivity contribution in [3.63, 3.8) is 0 Å². The minimum atomic E-state index is -4.74. The fourth-order valence-electron chi connectivity index (χ4n) is 3.88. The molecular weight excluding hydrogens is 399 g/mol. The van der Waals surface area contributed by atoms with Crippen LogP contribution in [-0.4, -0.2) is 44.7 Å². The number of nitrogens with zero attached hydrogens (tertiary/aromatic N) is 1. The standard InChI is InChI=1S/C19H23ClF3NO4/c1-26-17(25)10-13-4-5-18(27-12-13)6-8-24(9-7-18)16-11-14(2-3-15(16)20)28-19(21,22)23/h2-3,11,13H,4-10,12H2,1H3. The first-order valence-corrected chi connectivity index (χ1v) is 9.58. The largest absolute Gasteiger partial charge is 0.573 e. The maximum Gasteiger partial charge on any atom is 0.573 e. The van der Waals surface area contributed by atoms with Gasteiger partial charge in [-0.3, -0.25) is 4.79 Å². The van der Waals surface area contributed by atoms with Crippen molar-refractivity contribution in [3.8, 4) is 5.75 Å². The van der Waals surface area contributed by atoms with Crippen LogP contribution in [0.4, 0.5) is 18.9 Å². The summed E-state index contributed by atoms with van der Waals surface area (Å²) in [4.78, 5) is 13.4. The van der Waals surface area contributed by atoms with Crippen LogP contribution in [0.1, 0.15) is 32.1 Å². The Kier molecular flexibility index (Phi) is 6.29. The number of benzene rings is 1. The molecular formula is C19H23ClF3NO4. The molecule has 0 radical (unpaired) electrons. The molecule has 1 unspecified atom stereocenters. The predicted molar refractivity (Wildman–Crippen MR) is 97.6 cm³/mol. The highest BCUT2D eigenvalue weighted by molar-refractivity contribution is 6.33. The van der Waals surface area contributed by atoms with Crippen molar-refractivity contribution in [2.45, 2.75) is 44.1 Å². The third-order valence-electron chi connectivity index (χ3n) is 5.48. The molecule has 0 N–H and O–H groups in total. The lowest BCUT2D eigenvalue weighted by Crippen LogP contribution is -2.49. The van der Waals surface area contributed by atoms with E-state index in [0.717, 1.165) is 25.7 Å². The van der Waals surface area contributed by atoms with Crippen LogP contribution in [0.15, 0.2) is 18.2 Å². The van der Waals surface area contributed by atoms with Crippen LogP contribution in [-0.2, 0) is 14.3 Å². The molecule has 5 nitrogen and oxygen atoms in total. The van der Waals surface area contributed by atoms with Crippen LogP contribution in [0.25, 0.3) is 0 Å². The average molecular weight is 422 g/mol. The third-order valence-corrected chi connectivity index (χ3v) is 5.80. The summed E-state index contributed by atoms with van der Waals surface area (Å²) in [6, 6.07) is 3.94. The topological polar surface area (TPSA) is 48.0 Å². The Bertz CT molecular complexity index is 695. The lowest BCUT2D eigenvalue weighted by atomic mass is 9.81. The van der Waals surface area contributed by atoms with E-state index in [1.54, 1.807) is 0 Å². The number of esters is 1. The number of ether oxygens (including phenoxy) is 3. The first-order chi connectivity index (χ1) is 13.2. The number of piperidine rings is 1. The van der Waals surface area contributed by atoms with E-state index in [-0.39, 0.29) is 23.2 Å². The van der Waals surface area contributed by atoms with E-state index in [9.17, 15) is 18.0 Å². The molecule has 1 aromatic rings. The van der Waals surface area contributed by atoms with Crippen LogP contribution in [0.3, 0.4) is 0 Å². The monoisotopic (exact) mass is 421 g/mol. The highest BCUT2D eigenvalue weighted by atomic mass is 35.5. The Labute approximate surface area is 166 Å². The minimum Gasteiger partial charge on any atom is -0.469 e. The van der Waals surface area contributed by atoms with Gasteiger partial charge in [-0.1, -0.05) is 11.6 Å². The molecule has 0 amide bonds. The number of hydrogen-bond acceptors (Lipinski definition) is 5. The van der Waals surface area contributed by atoms with Gasteiger partial charge in [0.15, 0.2) is 0 Å². The number of alkyl halides is 3. The molecule has 156 valence electrons. The van der Waals surface area contributed by atoms with Crippen molar-refractivity contribution in [2.75, 3.05) is 31.7 Å². The van der Waals surface area contributed by atoms with Gasteiger partial charge in [-0.25, -0.2) is 0 Å². The van der Waals surface area contributed by atoms with E-state index in [1.807, 2.05) is 4.90 Å². The Hall–Kier alpha value is -1.67. The van der Waals surface area contributed by atoms with E-state index >= 15 is 0 Å². The summed E-state index contributed by atoms with van der Waals surface area (Å²) in [5, 5.41) is 0.383. The first kappa shape index (κ1) is 21.0. The molecule has 2 heterocycles. The van der Waals surface area contributed by atoms with Crippen molar-refractivity contribution in [2.24, 2.45) is 5.92 Å². The van der Waals surface area contributed by atoms with Crippen molar-refractivity contribution in [3.05, 3.63) is 23.2 Å². The Balaban J connectivity index is 1.59. The molecule has 2 fully saturated rings. The van der Waals surface area contributed by atoms with Crippen LogP contribution >= 0.6 is 11.6 Å². The van der Waals surface area contributed by atoms with E-state index in [0.29, 0.717) is 36.8 Å². The number of methoxy groups -OCH3 is 1. The number of hydrogen-bond donors (Lipinski definition) is 0. The van der Waals surface area contributed by atoms with Gasteiger partial charge in [0.2, 0.25) is 0 Å². The molecule has 0 aromatic heterocycles. The quantitative estimate of drug-likeness (QED) is 0.667. The second-order valence-electron chi connectivity index (χ2n) is 7.33. The number of rotatable bonds is 4. The second kappa shape index (κ2) is 8.37. The molecule has 0 saturated carbocycles. The Morgan fingerprint density at radius 1 is 1.32 bits per heavy atom. The van der Waals surface area contributed by atoms with Gasteiger partial charge in [0.05, 0.1) is 36.4 Å². The van der Waals surface area contributed by atoms with Gasteiger partial charge in [-0.05, 0) is 43.7 Å². The van der Waals surface area contributed by atoms with E-state index < -0.39 is 6.36 Å². The number of anilines is 1. The van der Waals surface area contributed by atoms with Gasteiger partial charge in [0.25, 0.3) is 0 Å². The number of halogens is 4. The highest BCUT2D eigenvalue weighted by Gasteiger charge is 2.40. The Morgan fingerprint density at radius 2 is 2.04 bits per heavy atom. The first-order valence-electron chi connectivity index (χ1n) is 9.21. The van der Waals surface area contributed by atoms with Gasteiger partial charge >= 0.3 is 12.3 Å². The smallest absolute Gasteiger partial charge is 0.469 e. The van der Waals surface area contributed by atoms with Gasteiger partial charge in [0, 0.05) is 19.2 Å². The zero-order valence-corrected chi connectivity index (χ0v) is 16.3. The Morgan fingerprint density at radius 3 is 2.61 bits per heavy atom. The highest BCUT2D eigenvalue weighted by Crippen LogP contribution is 2.40. The predicted octanol–water partition coefficient (Wildman–Crippen LogP) is 4.57. The third kappa shape index (κ3) is 5.23. The molecule has 0 bridgehead atoms.